The van der Waals surface area contributed by atoms with Crippen molar-refractivity contribution in [3.8, 4) is 11.5 Å². The first-order valence-electron chi connectivity index (χ1n) is 7.06. The molecular formula is C15H21NO4. The lowest BCUT2D eigenvalue weighted by atomic mass is 10.1. The Kier molecular flexibility index (Phi) is 5.24. The molecule has 0 saturated heterocycles. The number of amides is 1. The number of benzene rings is 1. The smallest absolute Gasteiger partial charge is 0.254 e. The number of hydrogen-bond donors (Lipinski definition) is 1. The van der Waals surface area contributed by atoms with E-state index in [0.29, 0.717) is 43.4 Å². The van der Waals surface area contributed by atoms with Crippen molar-refractivity contribution in [1.82, 2.24) is 4.90 Å². The van der Waals surface area contributed by atoms with Gasteiger partial charge in [-0.25, -0.2) is 0 Å². The van der Waals surface area contributed by atoms with Gasteiger partial charge in [-0.3, -0.25) is 4.79 Å². The Morgan fingerprint density at radius 1 is 1.25 bits per heavy atom. The highest BCUT2D eigenvalue weighted by Gasteiger charge is 2.18. The first-order chi connectivity index (χ1) is 9.76. The SMILES string of the molecule is CCCN(CCO)C(=O)c1ccc2c(c1)OCCCO2. The molecule has 1 heterocycles. The summed E-state index contributed by atoms with van der Waals surface area (Å²) in [5.41, 5.74) is 0.566. The standard InChI is InChI=1S/C15H21NO4/c1-2-6-16(7-8-17)15(18)12-4-5-13-14(11-12)20-10-3-9-19-13/h4-5,11,17H,2-3,6-10H2,1H3. The van der Waals surface area contributed by atoms with E-state index in [2.05, 4.69) is 0 Å². The second-order valence-electron chi connectivity index (χ2n) is 4.73. The first-order valence-corrected chi connectivity index (χ1v) is 7.06. The predicted octanol–water partition coefficient (Wildman–Crippen LogP) is 1.69. The molecular weight excluding hydrogens is 258 g/mol. The van der Waals surface area contributed by atoms with E-state index in [1.54, 1.807) is 23.1 Å². The van der Waals surface area contributed by atoms with Crippen molar-refractivity contribution in [2.45, 2.75) is 19.8 Å². The average Bonchev–Trinajstić information content (AvgIpc) is 2.70. The minimum absolute atomic E-state index is 0.0315. The van der Waals surface area contributed by atoms with Gasteiger partial charge in [0.15, 0.2) is 11.5 Å². The molecule has 1 aromatic rings. The molecule has 0 unspecified atom stereocenters. The van der Waals surface area contributed by atoms with Crippen LogP contribution < -0.4 is 9.47 Å². The number of aliphatic hydroxyl groups is 1. The van der Waals surface area contributed by atoms with Crippen molar-refractivity contribution in [2.24, 2.45) is 0 Å². The van der Waals surface area contributed by atoms with Gasteiger partial charge < -0.3 is 19.5 Å². The largest absolute Gasteiger partial charge is 0.490 e. The van der Waals surface area contributed by atoms with Gasteiger partial charge in [0.05, 0.1) is 19.8 Å². The summed E-state index contributed by atoms with van der Waals surface area (Å²) < 4.78 is 11.1. The van der Waals surface area contributed by atoms with Crippen LogP contribution in [-0.4, -0.2) is 48.8 Å². The molecule has 0 saturated carbocycles. The van der Waals surface area contributed by atoms with Crippen LogP contribution in [-0.2, 0) is 0 Å². The maximum atomic E-state index is 12.4. The van der Waals surface area contributed by atoms with Crippen LogP contribution in [0.2, 0.25) is 0 Å². The van der Waals surface area contributed by atoms with E-state index in [9.17, 15) is 4.79 Å². The minimum Gasteiger partial charge on any atom is -0.490 e. The number of carbonyl (C=O) groups excluding carboxylic acids is 1. The third-order valence-corrected chi connectivity index (χ3v) is 3.15. The van der Waals surface area contributed by atoms with Crippen LogP contribution in [0.5, 0.6) is 11.5 Å². The van der Waals surface area contributed by atoms with E-state index < -0.39 is 0 Å². The number of hydrogen-bond acceptors (Lipinski definition) is 4. The third kappa shape index (κ3) is 3.42. The van der Waals surface area contributed by atoms with Crippen molar-refractivity contribution in [1.29, 1.82) is 0 Å². The van der Waals surface area contributed by atoms with E-state index in [4.69, 9.17) is 14.6 Å². The molecule has 5 nitrogen and oxygen atoms in total. The van der Waals surface area contributed by atoms with Crippen LogP contribution in [0.15, 0.2) is 18.2 Å². The van der Waals surface area contributed by atoms with Gasteiger partial charge in [-0.15, -0.1) is 0 Å². The lowest BCUT2D eigenvalue weighted by Crippen LogP contribution is -2.34. The Labute approximate surface area is 119 Å². The van der Waals surface area contributed by atoms with Crippen LogP contribution in [0.4, 0.5) is 0 Å². The maximum absolute atomic E-state index is 12.4. The summed E-state index contributed by atoms with van der Waals surface area (Å²) in [7, 11) is 0. The number of aliphatic hydroxyl groups excluding tert-OH is 1. The molecule has 1 amide bonds. The molecule has 0 radical (unpaired) electrons. The van der Waals surface area contributed by atoms with Crippen LogP contribution in [0.25, 0.3) is 0 Å². The van der Waals surface area contributed by atoms with Crippen LogP contribution in [0, 0.1) is 0 Å². The normalized spacial score (nSPS) is 13.7. The molecule has 20 heavy (non-hydrogen) atoms. The van der Waals surface area contributed by atoms with Gasteiger partial charge >= 0.3 is 0 Å². The Morgan fingerprint density at radius 3 is 2.70 bits per heavy atom. The van der Waals surface area contributed by atoms with E-state index in [-0.39, 0.29) is 12.5 Å². The molecule has 1 aliphatic heterocycles. The quantitative estimate of drug-likeness (QED) is 0.891. The zero-order valence-corrected chi connectivity index (χ0v) is 11.8. The van der Waals surface area contributed by atoms with Gasteiger partial charge in [-0.05, 0) is 24.6 Å². The summed E-state index contributed by atoms with van der Waals surface area (Å²) in [5, 5.41) is 9.05. The highest BCUT2D eigenvalue weighted by molar-refractivity contribution is 5.95. The van der Waals surface area contributed by atoms with Gasteiger partial charge in [0.1, 0.15) is 0 Å². The Bertz CT molecular complexity index is 455. The number of fused-ring (bicyclic) bond motifs is 1. The second kappa shape index (κ2) is 7.14. The number of nitrogens with zero attached hydrogens (tertiary/aromatic N) is 1. The van der Waals surface area contributed by atoms with Gasteiger partial charge in [0.25, 0.3) is 5.91 Å². The molecule has 0 atom stereocenters. The van der Waals surface area contributed by atoms with Crippen molar-refractivity contribution in [2.75, 3.05) is 32.9 Å². The van der Waals surface area contributed by atoms with E-state index in [1.165, 1.54) is 0 Å². The molecule has 0 spiro atoms. The number of rotatable bonds is 5. The van der Waals surface area contributed by atoms with Gasteiger partial charge in [0, 0.05) is 25.1 Å². The summed E-state index contributed by atoms with van der Waals surface area (Å²) in [4.78, 5) is 14.1. The Morgan fingerprint density at radius 2 is 2.00 bits per heavy atom. The predicted molar refractivity (Wildman–Crippen MR) is 75.3 cm³/mol. The summed E-state index contributed by atoms with van der Waals surface area (Å²) in [6, 6.07) is 5.25. The van der Waals surface area contributed by atoms with Gasteiger partial charge in [0.2, 0.25) is 0 Å². The average molecular weight is 279 g/mol. The molecule has 5 heteroatoms. The van der Waals surface area contributed by atoms with Crippen molar-refractivity contribution in [3.05, 3.63) is 23.8 Å². The fourth-order valence-electron chi connectivity index (χ4n) is 2.18. The molecule has 0 aromatic heterocycles. The number of carbonyl (C=O) groups is 1. The minimum atomic E-state index is -0.0865. The molecule has 1 aromatic carbocycles. The van der Waals surface area contributed by atoms with E-state index in [0.717, 1.165) is 12.8 Å². The molecule has 0 bridgehead atoms. The lowest BCUT2D eigenvalue weighted by molar-refractivity contribution is 0.0721. The topological polar surface area (TPSA) is 59.0 Å². The summed E-state index contributed by atoms with van der Waals surface area (Å²) in [6.07, 6.45) is 1.70. The first kappa shape index (κ1) is 14.7. The van der Waals surface area contributed by atoms with Gasteiger partial charge in [-0.1, -0.05) is 6.92 Å². The van der Waals surface area contributed by atoms with Crippen LogP contribution in [0.1, 0.15) is 30.1 Å². The van der Waals surface area contributed by atoms with Crippen LogP contribution in [0.3, 0.4) is 0 Å². The van der Waals surface area contributed by atoms with E-state index in [1.807, 2.05) is 6.92 Å². The fourth-order valence-corrected chi connectivity index (χ4v) is 2.18. The zero-order chi connectivity index (χ0) is 14.4. The Hall–Kier alpha value is -1.75. The molecule has 0 fully saturated rings. The van der Waals surface area contributed by atoms with Gasteiger partial charge in [-0.2, -0.15) is 0 Å². The number of ether oxygens (including phenoxy) is 2. The van der Waals surface area contributed by atoms with E-state index >= 15 is 0 Å². The highest BCUT2D eigenvalue weighted by Crippen LogP contribution is 2.30. The molecule has 110 valence electrons. The van der Waals surface area contributed by atoms with Crippen molar-refractivity contribution >= 4 is 5.91 Å². The second-order valence-corrected chi connectivity index (χ2v) is 4.73. The fraction of sp³-hybridized carbons (Fsp3) is 0.533. The maximum Gasteiger partial charge on any atom is 0.254 e. The Balaban J connectivity index is 2.19. The monoisotopic (exact) mass is 279 g/mol. The molecule has 2 rings (SSSR count). The highest BCUT2D eigenvalue weighted by atomic mass is 16.5. The summed E-state index contributed by atoms with van der Waals surface area (Å²) in [6.45, 7) is 4.18. The summed E-state index contributed by atoms with van der Waals surface area (Å²) >= 11 is 0. The summed E-state index contributed by atoms with van der Waals surface area (Å²) in [5.74, 6) is 1.22. The molecule has 1 aliphatic rings. The zero-order valence-electron chi connectivity index (χ0n) is 11.8. The molecule has 0 aliphatic carbocycles. The van der Waals surface area contributed by atoms with Crippen molar-refractivity contribution < 1.29 is 19.4 Å². The third-order valence-electron chi connectivity index (χ3n) is 3.15. The molecule has 1 N–H and O–H groups in total. The lowest BCUT2D eigenvalue weighted by Gasteiger charge is -2.21. The van der Waals surface area contributed by atoms with Crippen LogP contribution >= 0.6 is 0 Å². The van der Waals surface area contributed by atoms with Crippen molar-refractivity contribution in [3.63, 3.8) is 0 Å².